The van der Waals surface area contributed by atoms with Crippen LogP contribution in [0.5, 0.6) is 5.75 Å². The highest BCUT2D eigenvalue weighted by atomic mass is 19.2. The molecule has 0 bridgehead atoms. The second-order valence-electron chi connectivity index (χ2n) is 2.08. The van der Waals surface area contributed by atoms with Gasteiger partial charge in [-0.05, 0) is 6.92 Å². The molecule has 0 unspecified atom stereocenters. The minimum Gasteiger partial charge on any atom is -0.503 e. The summed E-state index contributed by atoms with van der Waals surface area (Å²) >= 11 is 0. The lowest BCUT2D eigenvalue weighted by Gasteiger charge is -2.03. The van der Waals surface area contributed by atoms with Crippen molar-refractivity contribution >= 4 is 0 Å². The summed E-state index contributed by atoms with van der Waals surface area (Å²) in [5.74, 6) is -8.71. The van der Waals surface area contributed by atoms with Gasteiger partial charge in [-0.15, -0.1) is 0 Å². The van der Waals surface area contributed by atoms with Crippen LogP contribution in [0.2, 0.25) is 0 Å². The van der Waals surface area contributed by atoms with Crippen molar-refractivity contribution in [2.45, 2.75) is 0 Å². The Hall–Kier alpha value is -1.26. The van der Waals surface area contributed by atoms with E-state index in [-0.39, 0.29) is 0 Å². The summed E-state index contributed by atoms with van der Waals surface area (Å²) in [6, 6.07) is 0. The monoisotopic (exact) mass is 179 g/mol. The lowest BCUT2D eigenvalue weighted by atomic mass is 10.2. The van der Waals surface area contributed by atoms with Crippen LogP contribution in [0, 0.1) is 30.2 Å². The Morgan fingerprint density at radius 2 is 1.17 bits per heavy atom. The maximum Gasteiger partial charge on any atom is 0.203 e. The van der Waals surface area contributed by atoms with Crippen LogP contribution in [0.15, 0.2) is 0 Å². The summed E-state index contributed by atoms with van der Waals surface area (Å²) < 4.78 is 49.6. The van der Waals surface area contributed by atoms with Gasteiger partial charge in [-0.3, -0.25) is 0 Å². The van der Waals surface area contributed by atoms with E-state index in [1.165, 1.54) is 0 Å². The van der Waals surface area contributed by atoms with Gasteiger partial charge in [-0.25, -0.2) is 8.78 Å². The highest BCUT2D eigenvalue weighted by molar-refractivity contribution is 5.34. The molecule has 0 atom stereocenters. The number of hydrogen-bond acceptors (Lipinski definition) is 1. The number of halogens is 4. The van der Waals surface area contributed by atoms with E-state index in [0.29, 0.717) is 0 Å². The van der Waals surface area contributed by atoms with Crippen molar-refractivity contribution in [2.75, 3.05) is 0 Å². The summed E-state index contributed by atoms with van der Waals surface area (Å²) in [5, 5.41) is 8.43. The van der Waals surface area contributed by atoms with Crippen molar-refractivity contribution < 1.29 is 22.7 Å². The second kappa shape index (κ2) is 2.66. The minimum absolute atomic E-state index is 1.04. The fraction of sp³-hybridized carbons (Fsp3) is 0. The molecule has 0 aromatic heterocycles. The maximum absolute atomic E-state index is 12.4. The molecule has 12 heavy (non-hydrogen) atoms. The van der Waals surface area contributed by atoms with E-state index >= 15 is 0 Å². The molecular weight excluding hydrogens is 176 g/mol. The molecule has 1 aromatic carbocycles. The summed E-state index contributed by atoms with van der Waals surface area (Å²) in [6.07, 6.45) is 0. The molecule has 65 valence electrons. The molecule has 0 spiro atoms. The van der Waals surface area contributed by atoms with E-state index in [9.17, 15) is 17.6 Å². The van der Waals surface area contributed by atoms with E-state index < -0.39 is 34.6 Å². The maximum atomic E-state index is 12.4. The van der Waals surface area contributed by atoms with E-state index in [1.807, 2.05) is 0 Å². The molecule has 0 aliphatic carbocycles. The molecule has 0 aliphatic heterocycles. The van der Waals surface area contributed by atoms with Crippen LogP contribution in [0.25, 0.3) is 0 Å². The molecule has 1 nitrogen and oxygen atoms in total. The van der Waals surface area contributed by atoms with Crippen LogP contribution >= 0.6 is 0 Å². The van der Waals surface area contributed by atoms with Gasteiger partial charge in [0.1, 0.15) is 0 Å². The minimum atomic E-state index is -1.83. The van der Waals surface area contributed by atoms with Crippen LogP contribution in [0.1, 0.15) is 5.56 Å². The number of phenolic OH excluding ortho intramolecular Hbond substituents is 1. The largest absolute Gasteiger partial charge is 0.503 e. The Morgan fingerprint density at radius 1 is 0.833 bits per heavy atom. The van der Waals surface area contributed by atoms with Gasteiger partial charge in [0.15, 0.2) is 17.4 Å². The Balaban J connectivity index is 3.60. The number of rotatable bonds is 0. The van der Waals surface area contributed by atoms with Crippen LogP contribution in [-0.2, 0) is 0 Å². The Kier molecular flexibility index (Phi) is 1.95. The zero-order chi connectivity index (χ0) is 9.46. The standard InChI is InChI=1S/C7H3F4O/c1-2-3(8)5(10)7(12)6(11)4(2)9/h12H,1H2. The summed E-state index contributed by atoms with van der Waals surface area (Å²) in [7, 11) is 0. The number of aromatic hydroxyl groups is 1. The average molecular weight is 179 g/mol. The van der Waals surface area contributed by atoms with Gasteiger partial charge in [0.05, 0.1) is 0 Å². The van der Waals surface area contributed by atoms with Crippen molar-refractivity contribution in [3.05, 3.63) is 35.8 Å². The first-order valence-corrected chi connectivity index (χ1v) is 2.83. The molecule has 1 aromatic rings. The van der Waals surface area contributed by atoms with E-state index in [1.54, 1.807) is 0 Å². The first kappa shape index (κ1) is 8.83. The third-order valence-corrected chi connectivity index (χ3v) is 1.33. The molecular formula is C7H3F4O. The molecule has 1 radical (unpaired) electrons. The first-order valence-electron chi connectivity index (χ1n) is 2.83. The van der Waals surface area contributed by atoms with E-state index in [0.717, 1.165) is 0 Å². The van der Waals surface area contributed by atoms with Crippen LogP contribution < -0.4 is 0 Å². The molecule has 0 heterocycles. The van der Waals surface area contributed by atoms with Crippen molar-refractivity contribution in [3.8, 4) is 5.75 Å². The average Bonchev–Trinajstić information content (AvgIpc) is 2.08. The first-order chi connectivity index (χ1) is 5.46. The molecule has 0 saturated heterocycles. The summed E-state index contributed by atoms with van der Waals surface area (Å²) in [5.41, 5.74) is -1.04. The van der Waals surface area contributed by atoms with E-state index in [4.69, 9.17) is 5.11 Å². The van der Waals surface area contributed by atoms with Crippen molar-refractivity contribution in [3.63, 3.8) is 0 Å². The molecule has 5 heteroatoms. The van der Waals surface area contributed by atoms with Crippen LogP contribution in [0.3, 0.4) is 0 Å². The molecule has 1 rings (SSSR count). The molecule has 0 saturated carbocycles. The van der Waals surface area contributed by atoms with Gasteiger partial charge in [0.25, 0.3) is 0 Å². The summed E-state index contributed by atoms with van der Waals surface area (Å²) in [4.78, 5) is 0. The number of phenols is 1. The highest BCUT2D eigenvalue weighted by Gasteiger charge is 2.22. The predicted octanol–water partition coefficient (Wildman–Crippen LogP) is 2.13. The predicted molar refractivity (Wildman–Crippen MR) is 32.4 cm³/mol. The Labute approximate surface area is 65.3 Å². The zero-order valence-corrected chi connectivity index (χ0v) is 5.67. The molecule has 0 aliphatic rings. The third-order valence-electron chi connectivity index (χ3n) is 1.33. The molecule has 0 fully saturated rings. The zero-order valence-electron chi connectivity index (χ0n) is 5.67. The second-order valence-corrected chi connectivity index (χ2v) is 2.08. The molecule has 1 N–H and O–H groups in total. The van der Waals surface area contributed by atoms with Crippen LogP contribution in [-0.4, -0.2) is 5.11 Å². The quantitative estimate of drug-likeness (QED) is 0.477. The van der Waals surface area contributed by atoms with Crippen molar-refractivity contribution in [2.24, 2.45) is 0 Å². The third kappa shape index (κ3) is 1.01. The number of hydrogen-bond donors (Lipinski definition) is 1. The fourth-order valence-corrected chi connectivity index (χ4v) is 0.666. The summed E-state index contributed by atoms with van der Waals surface area (Å²) in [6.45, 7) is 2.74. The van der Waals surface area contributed by atoms with Gasteiger partial charge in [0, 0.05) is 5.56 Å². The smallest absolute Gasteiger partial charge is 0.203 e. The van der Waals surface area contributed by atoms with Gasteiger partial charge < -0.3 is 5.11 Å². The normalized spacial score (nSPS) is 10.4. The lowest BCUT2D eigenvalue weighted by Crippen LogP contribution is -1.98. The van der Waals surface area contributed by atoms with Crippen molar-refractivity contribution in [1.82, 2.24) is 0 Å². The Morgan fingerprint density at radius 3 is 1.50 bits per heavy atom. The van der Waals surface area contributed by atoms with Gasteiger partial charge >= 0.3 is 0 Å². The van der Waals surface area contributed by atoms with Crippen LogP contribution in [0.4, 0.5) is 17.6 Å². The van der Waals surface area contributed by atoms with Crippen molar-refractivity contribution in [1.29, 1.82) is 0 Å². The van der Waals surface area contributed by atoms with E-state index in [2.05, 4.69) is 6.92 Å². The highest BCUT2D eigenvalue weighted by Crippen LogP contribution is 2.27. The van der Waals surface area contributed by atoms with Gasteiger partial charge in [-0.1, -0.05) is 0 Å². The lowest BCUT2D eigenvalue weighted by molar-refractivity contribution is 0.354. The number of benzene rings is 1. The Bertz CT molecular complexity index is 230. The fourth-order valence-electron chi connectivity index (χ4n) is 0.666. The topological polar surface area (TPSA) is 20.2 Å². The SMILES string of the molecule is [CH2]c1c(F)c(F)c(O)c(F)c1F. The van der Waals surface area contributed by atoms with Gasteiger partial charge in [-0.2, -0.15) is 8.78 Å². The van der Waals surface area contributed by atoms with Gasteiger partial charge in [0.2, 0.25) is 11.6 Å². The molecule has 0 amide bonds.